The standard InChI is InChI=1S/C15H14/c1-4-10-13(5-2)15(6-3)14-11-8-7-9-12-14/h3-5,7-12,15H,1-2H2/b13-10+. The van der Waals surface area contributed by atoms with Crippen LogP contribution in [-0.4, -0.2) is 0 Å². The average Bonchev–Trinajstić information content (AvgIpc) is 2.30. The molecule has 0 radical (unpaired) electrons. The van der Waals surface area contributed by atoms with Crippen molar-refractivity contribution >= 4 is 0 Å². The second-order valence-electron chi connectivity index (χ2n) is 3.12. The molecule has 0 heteroatoms. The SMILES string of the molecule is C#CC(/C(C=C)=C/C=C)c1ccccc1. The molecule has 0 nitrogen and oxygen atoms in total. The maximum atomic E-state index is 5.54. The van der Waals surface area contributed by atoms with Gasteiger partial charge in [0, 0.05) is 0 Å². The Kier molecular flexibility index (Phi) is 4.19. The smallest absolute Gasteiger partial charge is 0.0699 e. The lowest BCUT2D eigenvalue weighted by atomic mass is 9.91. The molecule has 0 bridgehead atoms. The van der Waals surface area contributed by atoms with Crippen LogP contribution in [0.2, 0.25) is 0 Å². The minimum atomic E-state index is -0.0401. The van der Waals surface area contributed by atoms with Gasteiger partial charge >= 0.3 is 0 Å². The lowest BCUT2D eigenvalue weighted by molar-refractivity contribution is 1.07. The van der Waals surface area contributed by atoms with Gasteiger partial charge in [-0.2, -0.15) is 0 Å². The van der Waals surface area contributed by atoms with Crippen molar-refractivity contribution in [3.05, 3.63) is 72.9 Å². The van der Waals surface area contributed by atoms with E-state index in [1.165, 1.54) is 0 Å². The zero-order valence-electron chi connectivity index (χ0n) is 8.69. The Morgan fingerprint density at radius 1 is 1.27 bits per heavy atom. The van der Waals surface area contributed by atoms with E-state index in [4.69, 9.17) is 6.42 Å². The molecule has 1 aromatic rings. The second-order valence-corrected chi connectivity index (χ2v) is 3.12. The van der Waals surface area contributed by atoms with Gasteiger partial charge in [0.25, 0.3) is 0 Å². The Hall–Kier alpha value is -2.00. The van der Waals surface area contributed by atoms with Crippen LogP contribution in [0.15, 0.2) is 67.3 Å². The minimum Gasteiger partial charge on any atom is -0.119 e. The monoisotopic (exact) mass is 194 g/mol. The van der Waals surface area contributed by atoms with E-state index in [-0.39, 0.29) is 5.92 Å². The van der Waals surface area contributed by atoms with E-state index in [1.807, 2.05) is 36.4 Å². The van der Waals surface area contributed by atoms with E-state index in [0.717, 1.165) is 11.1 Å². The average molecular weight is 194 g/mol. The van der Waals surface area contributed by atoms with Crippen LogP contribution >= 0.6 is 0 Å². The molecule has 0 aliphatic heterocycles. The third kappa shape index (κ3) is 2.72. The zero-order chi connectivity index (χ0) is 11.1. The first-order valence-corrected chi connectivity index (χ1v) is 4.79. The molecule has 0 spiro atoms. The molecule has 1 atom stereocenters. The van der Waals surface area contributed by atoms with E-state index >= 15 is 0 Å². The summed E-state index contributed by atoms with van der Waals surface area (Å²) in [6.07, 6.45) is 10.9. The van der Waals surface area contributed by atoms with Crippen LogP contribution in [-0.2, 0) is 0 Å². The molecule has 74 valence electrons. The molecular formula is C15H14. The van der Waals surface area contributed by atoms with Crippen molar-refractivity contribution in [2.75, 3.05) is 0 Å². The summed E-state index contributed by atoms with van der Waals surface area (Å²) in [4.78, 5) is 0. The lowest BCUT2D eigenvalue weighted by Gasteiger charge is -2.11. The van der Waals surface area contributed by atoms with Gasteiger partial charge in [-0.05, 0) is 11.1 Å². The van der Waals surface area contributed by atoms with Gasteiger partial charge in [0.05, 0.1) is 5.92 Å². The maximum absolute atomic E-state index is 5.54. The number of allylic oxidation sites excluding steroid dienone is 4. The topological polar surface area (TPSA) is 0 Å². The van der Waals surface area contributed by atoms with E-state index in [2.05, 4.69) is 19.1 Å². The van der Waals surface area contributed by atoms with Crippen LogP contribution in [0.4, 0.5) is 0 Å². The summed E-state index contributed by atoms with van der Waals surface area (Å²) in [7, 11) is 0. The Morgan fingerprint density at radius 2 is 1.93 bits per heavy atom. The summed E-state index contributed by atoms with van der Waals surface area (Å²) < 4.78 is 0. The van der Waals surface area contributed by atoms with Crippen molar-refractivity contribution in [2.24, 2.45) is 0 Å². The van der Waals surface area contributed by atoms with Crippen molar-refractivity contribution in [2.45, 2.75) is 5.92 Å². The molecule has 0 amide bonds. The summed E-state index contributed by atoms with van der Waals surface area (Å²) in [5.74, 6) is 2.73. The normalized spacial score (nSPS) is 12.6. The van der Waals surface area contributed by atoms with Gasteiger partial charge in [-0.25, -0.2) is 0 Å². The lowest BCUT2D eigenvalue weighted by Crippen LogP contribution is -1.97. The molecule has 0 aliphatic rings. The fourth-order valence-corrected chi connectivity index (χ4v) is 1.45. The van der Waals surface area contributed by atoms with Gasteiger partial charge in [-0.15, -0.1) is 6.42 Å². The van der Waals surface area contributed by atoms with Crippen LogP contribution in [0, 0.1) is 12.3 Å². The molecule has 0 aromatic heterocycles. The summed E-state index contributed by atoms with van der Waals surface area (Å²) in [5, 5.41) is 0. The third-order valence-electron chi connectivity index (χ3n) is 2.18. The minimum absolute atomic E-state index is 0.0401. The number of terminal acetylenes is 1. The van der Waals surface area contributed by atoms with Crippen molar-refractivity contribution in [1.29, 1.82) is 0 Å². The summed E-state index contributed by atoms with van der Waals surface area (Å²) in [6.45, 7) is 7.43. The third-order valence-corrected chi connectivity index (χ3v) is 2.18. The van der Waals surface area contributed by atoms with Crippen LogP contribution in [0.3, 0.4) is 0 Å². The Balaban J connectivity index is 3.10. The quantitative estimate of drug-likeness (QED) is 0.506. The second kappa shape index (κ2) is 5.67. The van der Waals surface area contributed by atoms with Crippen LogP contribution in [0.1, 0.15) is 11.5 Å². The predicted octanol–water partition coefficient (Wildman–Crippen LogP) is 3.70. The highest BCUT2D eigenvalue weighted by Gasteiger charge is 2.09. The Bertz CT molecular complexity index is 401. The first-order valence-electron chi connectivity index (χ1n) is 4.79. The van der Waals surface area contributed by atoms with Crippen LogP contribution in [0.25, 0.3) is 0 Å². The van der Waals surface area contributed by atoms with Crippen LogP contribution < -0.4 is 0 Å². The fraction of sp³-hybridized carbons (Fsp3) is 0.0667. The highest BCUT2D eigenvalue weighted by Crippen LogP contribution is 2.24. The van der Waals surface area contributed by atoms with Crippen LogP contribution in [0.5, 0.6) is 0 Å². The van der Waals surface area contributed by atoms with E-state index in [1.54, 1.807) is 12.2 Å². The molecular weight excluding hydrogens is 180 g/mol. The van der Waals surface area contributed by atoms with Gasteiger partial charge in [0.2, 0.25) is 0 Å². The molecule has 0 saturated carbocycles. The first-order chi connectivity index (χ1) is 7.33. The fourth-order valence-electron chi connectivity index (χ4n) is 1.45. The summed E-state index contributed by atoms with van der Waals surface area (Å²) >= 11 is 0. The van der Waals surface area contributed by atoms with Gasteiger partial charge < -0.3 is 0 Å². The molecule has 15 heavy (non-hydrogen) atoms. The zero-order valence-corrected chi connectivity index (χ0v) is 8.69. The van der Waals surface area contributed by atoms with E-state index in [0.29, 0.717) is 0 Å². The van der Waals surface area contributed by atoms with Gasteiger partial charge in [0.15, 0.2) is 0 Å². The maximum Gasteiger partial charge on any atom is 0.0699 e. The Morgan fingerprint density at radius 3 is 2.40 bits per heavy atom. The van der Waals surface area contributed by atoms with Crippen molar-refractivity contribution < 1.29 is 0 Å². The van der Waals surface area contributed by atoms with Crippen molar-refractivity contribution in [1.82, 2.24) is 0 Å². The van der Waals surface area contributed by atoms with Crippen molar-refractivity contribution in [3.63, 3.8) is 0 Å². The Labute approximate surface area is 91.6 Å². The molecule has 0 heterocycles. The molecule has 1 unspecified atom stereocenters. The molecule has 0 N–H and O–H groups in total. The van der Waals surface area contributed by atoms with E-state index in [9.17, 15) is 0 Å². The molecule has 1 rings (SSSR count). The molecule has 0 saturated heterocycles. The van der Waals surface area contributed by atoms with Gasteiger partial charge in [-0.1, -0.05) is 67.6 Å². The van der Waals surface area contributed by atoms with Crippen molar-refractivity contribution in [3.8, 4) is 12.3 Å². The largest absolute Gasteiger partial charge is 0.119 e. The molecule has 0 fully saturated rings. The number of hydrogen-bond acceptors (Lipinski definition) is 0. The summed E-state index contributed by atoms with van der Waals surface area (Å²) in [5.41, 5.74) is 2.10. The first kappa shape index (κ1) is 11.1. The van der Waals surface area contributed by atoms with E-state index < -0.39 is 0 Å². The number of rotatable bonds is 4. The van der Waals surface area contributed by atoms with Gasteiger partial charge in [0.1, 0.15) is 0 Å². The number of hydrogen-bond donors (Lipinski definition) is 0. The molecule has 1 aromatic carbocycles. The van der Waals surface area contributed by atoms with Gasteiger partial charge in [-0.3, -0.25) is 0 Å². The highest BCUT2D eigenvalue weighted by atomic mass is 14.1. The summed E-state index contributed by atoms with van der Waals surface area (Å²) in [6, 6.07) is 9.97. The predicted molar refractivity (Wildman–Crippen MR) is 66.5 cm³/mol. The molecule has 0 aliphatic carbocycles. The highest BCUT2D eigenvalue weighted by molar-refractivity contribution is 5.42. The number of benzene rings is 1.